The van der Waals surface area contributed by atoms with E-state index >= 15 is 0 Å². The molecule has 0 spiro atoms. The van der Waals surface area contributed by atoms with Gasteiger partial charge in [-0.25, -0.2) is 0 Å². The van der Waals surface area contributed by atoms with Gasteiger partial charge in [0, 0.05) is 0 Å². The maximum atomic E-state index is 10.0. The van der Waals surface area contributed by atoms with Gasteiger partial charge in [0.05, 0.1) is 16.7 Å². The summed E-state index contributed by atoms with van der Waals surface area (Å²) in [6.07, 6.45) is 5.70. The van der Waals surface area contributed by atoms with Crippen LogP contribution in [0, 0.1) is 5.92 Å². The van der Waals surface area contributed by atoms with Gasteiger partial charge in [-0.1, -0.05) is 12.5 Å². The lowest BCUT2D eigenvalue weighted by atomic mass is 9.86. The molecule has 0 unspecified atom stereocenters. The molecule has 2 saturated carbocycles. The average Bonchev–Trinajstić information content (AvgIpc) is 2.98. The third kappa shape index (κ3) is 2.36. The Bertz CT molecular complexity index is 422. The number of halogens is 1. The normalized spacial score (nSPS) is 22.0. The highest BCUT2D eigenvalue weighted by Gasteiger charge is 2.42. The molecule has 2 nitrogen and oxygen atoms in total. The summed E-state index contributed by atoms with van der Waals surface area (Å²) >= 11 is 3.52. The first-order chi connectivity index (χ1) is 8.17. The molecule has 3 rings (SSSR count). The van der Waals surface area contributed by atoms with E-state index in [0.29, 0.717) is 0 Å². The van der Waals surface area contributed by atoms with Crippen LogP contribution in [0.1, 0.15) is 37.7 Å². The maximum absolute atomic E-state index is 10.0. The topological polar surface area (TPSA) is 29.5 Å². The number of ether oxygens (including phenoxy) is 1. The molecule has 1 aromatic rings. The van der Waals surface area contributed by atoms with Crippen LogP contribution in [0.5, 0.6) is 5.75 Å². The fourth-order valence-electron chi connectivity index (χ4n) is 2.18. The fraction of sp³-hybridized carbons (Fsp3) is 0.571. The summed E-state index contributed by atoms with van der Waals surface area (Å²) in [5.74, 6) is 1.64. The molecule has 0 atom stereocenters. The standard InChI is InChI=1S/C14H17BrO2/c15-12-8-11(14(16)6-7-14)4-5-13(12)17-9-10-2-1-3-10/h4-5,8,10,16H,1-3,6-7,9H2. The third-order valence-corrected chi connectivity index (χ3v) is 4.51. The van der Waals surface area contributed by atoms with E-state index in [0.717, 1.165) is 41.2 Å². The van der Waals surface area contributed by atoms with E-state index in [1.165, 1.54) is 19.3 Å². The first-order valence-electron chi connectivity index (χ1n) is 6.33. The molecular weight excluding hydrogens is 280 g/mol. The van der Waals surface area contributed by atoms with Crippen LogP contribution in [0.25, 0.3) is 0 Å². The van der Waals surface area contributed by atoms with Crippen molar-refractivity contribution in [2.45, 2.75) is 37.7 Å². The van der Waals surface area contributed by atoms with Crippen molar-refractivity contribution in [1.82, 2.24) is 0 Å². The van der Waals surface area contributed by atoms with Gasteiger partial charge < -0.3 is 9.84 Å². The molecule has 0 saturated heterocycles. The first kappa shape index (κ1) is 11.5. The summed E-state index contributed by atoms with van der Waals surface area (Å²) in [6, 6.07) is 5.94. The van der Waals surface area contributed by atoms with Crippen molar-refractivity contribution in [2.24, 2.45) is 5.92 Å². The molecule has 92 valence electrons. The van der Waals surface area contributed by atoms with Crippen LogP contribution in [0.2, 0.25) is 0 Å². The highest BCUT2D eigenvalue weighted by molar-refractivity contribution is 9.10. The SMILES string of the molecule is OC1(c2ccc(OCC3CCC3)c(Br)c2)CC1. The molecule has 2 aliphatic carbocycles. The molecule has 0 aliphatic heterocycles. The second kappa shape index (κ2) is 4.29. The van der Waals surface area contributed by atoms with Crippen molar-refractivity contribution in [3.8, 4) is 5.75 Å². The molecule has 1 aromatic carbocycles. The van der Waals surface area contributed by atoms with Crippen LogP contribution >= 0.6 is 15.9 Å². The minimum atomic E-state index is -0.560. The molecule has 1 N–H and O–H groups in total. The van der Waals surface area contributed by atoms with Gasteiger partial charge in [0.1, 0.15) is 5.75 Å². The lowest BCUT2D eigenvalue weighted by Gasteiger charge is -2.25. The Morgan fingerprint density at radius 3 is 2.65 bits per heavy atom. The number of aliphatic hydroxyl groups is 1. The zero-order valence-corrected chi connectivity index (χ0v) is 11.4. The largest absolute Gasteiger partial charge is 0.492 e. The Balaban J connectivity index is 1.68. The molecule has 0 radical (unpaired) electrons. The number of hydrogen-bond donors (Lipinski definition) is 1. The van der Waals surface area contributed by atoms with Crippen LogP contribution in [-0.4, -0.2) is 11.7 Å². The molecule has 0 bridgehead atoms. The molecule has 2 fully saturated rings. The van der Waals surface area contributed by atoms with E-state index in [4.69, 9.17) is 4.74 Å². The fourth-order valence-corrected chi connectivity index (χ4v) is 2.67. The van der Waals surface area contributed by atoms with Gasteiger partial charge in [-0.2, -0.15) is 0 Å². The van der Waals surface area contributed by atoms with E-state index < -0.39 is 5.60 Å². The van der Waals surface area contributed by atoms with Crippen molar-refractivity contribution in [1.29, 1.82) is 0 Å². The Hall–Kier alpha value is -0.540. The summed E-state index contributed by atoms with van der Waals surface area (Å²) < 4.78 is 6.75. The zero-order chi connectivity index (χ0) is 11.9. The highest BCUT2D eigenvalue weighted by Crippen LogP contribution is 2.46. The summed E-state index contributed by atoms with van der Waals surface area (Å²) in [5.41, 5.74) is 0.440. The molecule has 17 heavy (non-hydrogen) atoms. The maximum Gasteiger partial charge on any atom is 0.133 e. The quantitative estimate of drug-likeness (QED) is 0.920. The predicted molar refractivity (Wildman–Crippen MR) is 70.1 cm³/mol. The number of hydrogen-bond acceptors (Lipinski definition) is 2. The Morgan fingerprint density at radius 2 is 2.12 bits per heavy atom. The zero-order valence-electron chi connectivity index (χ0n) is 9.79. The summed E-state index contributed by atoms with van der Waals surface area (Å²) in [4.78, 5) is 0. The predicted octanol–water partition coefficient (Wildman–Crippen LogP) is 3.61. The van der Waals surface area contributed by atoms with Gasteiger partial charge in [0.25, 0.3) is 0 Å². The first-order valence-corrected chi connectivity index (χ1v) is 7.12. The Labute approximate surface area is 110 Å². The lowest BCUT2D eigenvalue weighted by Crippen LogP contribution is -2.19. The van der Waals surface area contributed by atoms with Gasteiger partial charge >= 0.3 is 0 Å². The second-order valence-corrected chi connectivity index (χ2v) is 6.14. The van der Waals surface area contributed by atoms with Crippen molar-refractivity contribution in [2.75, 3.05) is 6.61 Å². The van der Waals surface area contributed by atoms with Crippen molar-refractivity contribution in [3.63, 3.8) is 0 Å². The van der Waals surface area contributed by atoms with E-state index in [9.17, 15) is 5.11 Å². The van der Waals surface area contributed by atoms with Crippen LogP contribution in [0.15, 0.2) is 22.7 Å². The lowest BCUT2D eigenvalue weighted by molar-refractivity contribution is 0.151. The average molecular weight is 297 g/mol. The molecule has 0 aromatic heterocycles. The van der Waals surface area contributed by atoms with Gasteiger partial charge in [0.2, 0.25) is 0 Å². The summed E-state index contributed by atoms with van der Waals surface area (Å²) in [6.45, 7) is 0.822. The van der Waals surface area contributed by atoms with Gasteiger partial charge in [-0.05, 0) is 65.2 Å². The Kier molecular flexibility index (Phi) is 2.91. The summed E-state index contributed by atoms with van der Waals surface area (Å²) in [5, 5.41) is 10.0. The minimum Gasteiger partial charge on any atom is -0.492 e. The molecule has 2 aliphatic rings. The second-order valence-electron chi connectivity index (χ2n) is 5.28. The minimum absolute atomic E-state index is 0.560. The van der Waals surface area contributed by atoms with Crippen LogP contribution in [-0.2, 0) is 5.60 Å². The highest BCUT2D eigenvalue weighted by atomic mass is 79.9. The van der Waals surface area contributed by atoms with E-state index in [-0.39, 0.29) is 0 Å². The van der Waals surface area contributed by atoms with Crippen LogP contribution in [0.4, 0.5) is 0 Å². The molecular formula is C14H17BrO2. The smallest absolute Gasteiger partial charge is 0.133 e. The Morgan fingerprint density at radius 1 is 1.35 bits per heavy atom. The molecule has 0 heterocycles. The van der Waals surface area contributed by atoms with E-state index in [1.54, 1.807) is 0 Å². The van der Waals surface area contributed by atoms with Gasteiger partial charge in [-0.3, -0.25) is 0 Å². The number of rotatable bonds is 4. The third-order valence-electron chi connectivity index (χ3n) is 3.89. The summed E-state index contributed by atoms with van der Waals surface area (Å²) in [7, 11) is 0. The van der Waals surface area contributed by atoms with E-state index in [2.05, 4.69) is 15.9 Å². The molecule has 0 amide bonds. The van der Waals surface area contributed by atoms with Crippen molar-refractivity contribution < 1.29 is 9.84 Å². The van der Waals surface area contributed by atoms with Gasteiger partial charge in [-0.15, -0.1) is 0 Å². The monoisotopic (exact) mass is 296 g/mol. The van der Waals surface area contributed by atoms with Crippen LogP contribution < -0.4 is 4.74 Å². The molecule has 3 heteroatoms. The van der Waals surface area contributed by atoms with Crippen molar-refractivity contribution in [3.05, 3.63) is 28.2 Å². The van der Waals surface area contributed by atoms with Gasteiger partial charge in [0.15, 0.2) is 0 Å². The van der Waals surface area contributed by atoms with E-state index in [1.807, 2.05) is 18.2 Å². The number of benzene rings is 1. The van der Waals surface area contributed by atoms with Crippen LogP contribution in [0.3, 0.4) is 0 Å². The van der Waals surface area contributed by atoms with Crippen molar-refractivity contribution >= 4 is 15.9 Å².